The van der Waals surface area contributed by atoms with Gasteiger partial charge in [-0.05, 0) is 30.7 Å². The van der Waals surface area contributed by atoms with E-state index in [0.29, 0.717) is 10.7 Å². The van der Waals surface area contributed by atoms with E-state index in [1.54, 1.807) is 18.5 Å². The van der Waals surface area contributed by atoms with Gasteiger partial charge in [0.2, 0.25) is 0 Å². The van der Waals surface area contributed by atoms with Crippen LogP contribution in [0, 0.1) is 6.92 Å². The van der Waals surface area contributed by atoms with Gasteiger partial charge in [0.25, 0.3) is 0 Å². The highest BCUT2D eigenvalue weighted by Crippen LogP contribution is 2.31. The molecule has 0 saturated carbocycles. The van der Waals surface area contributed by atoms with Crippen molar-refractivity contribution in [2.75, 3.05) is 4.72 Å². The van der Waals surface area contributed by atoms with Crippen LogP contribution in [0.3, 0.4) is 0 Å². The van der Waals surface area contributed by atoms with Gasteiger partial charge in [-0.15, -0.1) is 11.3 Å². The molecule has 3 rings (SSSR count). The molecule has 3 aromatic rings. The zero-order chi connectivity index (χ0) is 17.5. The molecule has 1 N–H and O–H groups in total. The summed E-state index contributed by atoms with van der Waals surface area (Å²) in [5.74, 6) is 0. The van der Waals surface area contributed by atoms with Crippen LogP contribution in [0.1, 0.15) is 19.4 Å². The number of nitrogens with one attached hydrogen (secondary N) is 1. The summed E-state index contributed by atoms with van der Waals surface area (Å²) < 4.78 is 16.0. The molecule has 0 radical (unpaired) electrons. The highest BCUT2D eigenvalue weighted by molar-refractivity contribution is 7.88. The lowest BCUT2D eigenvalue weighted by Gasteiger charge is -2.05. The number of nitrogens with zero attached hydrogens (tertiary/aromatic N) is 1. The van der Waals surface area contributed by atoms with E-state index in [4.69, 9.17) is 11.6 Å². The minimum absolute atomic E-state index is 0.499. The summed E-state index contributed by atoms with van der Waals surface area (Å²) in [6.45, 7) is 6.06. The molecule has 0 aliphatic carbocycles. The SMILES string of the molecule is CC.Cc1ccc(-c2ccc(S(=O)Nc3cnccc3Cl)s2)cc1. The van der Waals surface area contributed by atoms with Crippen LogP contribution in [0.5, 0.6) is 0 Å². The van der Waals surface area contributed by atoms with E-state index in [0.717, 1.165) is 14.6 Å². The Morgan fingerprint density at radius 1 is 1.08 bits per heavy atom. The van der Waals surface area contributed by atoms with E-state index < -0.39 is 11.0 Å². The monoisotopic (exact) mass is 378 g/mol. The van der Waals surface area contributed by atoms with E-state index in [1.165, 1.54) is 16.9 Å². The summed E-state index contributed by atoms with van der Waals surface area (Å²) in [5, 5.41) is 0.499. The maximum Gasteiger partial charge on any atom is 0.160 e. The number of anilines is 1. The van der Waals surface area contributed by atoms with E-state index in [2.05, 4.69) is 40.9 Å². The average molecular weight is 379 g/mol. The van der Waals surface area contributed by atoms with Crippen LogP contribution in [-0.4, -0.2) is 9.19 Å². The van der Waals surface area contributed by atoms with E-state index >= 15 is 0 Å². The van der Waals surface area contributed by atoms with Crippen molar-refractivity contribution in [2.45, 2.75) is 25.0 Å². The predicted octanol–water partition coefficient (Wildman–Crippen LogP) is 5.93. The Bertz CT molecular complexity index is 816. The molecule has 6 heteroatoms. The molecule has 2 heterocycles. The summed E-state index contributed by atoms with van der Waals surface area (Å²) in [4.78, 5) is 5.06. The summed E-state index contributed by atoms with van der Waals surface area (Å²) in [5.41, 5.74) is 2.91. The average Bonchev–Trinajstić information content (AvgIpc) is 3.09. The first-order valence-electron chi connectivity index (χ1n) is 7.58. The van der Waals surface area contributed by atoms with Crippen LogP contribution in [0.15, 0.2) is 59.1 Å². The second-order valence-corrected chi connectivity index (χ2v) is 7.64. The van der Waals surface area contributed by atoms with Crippen molar-refractivity contribution in [1.82, 2.24) is 4.98 Å². The maximum atomic E-state index is 12.4. The Kier molecular flexibility index (Phi) is 6.97. The highest BCUT2D eigenvalue weighted by Gasteiger charge is 2.11. The van der Waals surface area contributed by atoms with Gasteiger partial charge in [-0.2, -0.15) is 0 Å². The maximum absolute atomic E-state index is 12.4. The molecule has 0 spiro atoms. The first-order chi connectivity index (χ1) is 11.6. The molecule has 0 bridgehead atoms. The number of benzene rings is 1. The van der Waals surface area contributed by atoms with Gasteiger partial charge in [-0.25, -0.2) is 4.21 Å². The molecule has 0 saturated heterocycles. The normalized spacial score (nSPS) is 11.3. The van der Waals surface area contributed by atoms with Crippen molar-refractivity contribution >= 4 is 39.6 Å². The van der Waals surface area contributed by atoms with E-state index in [1.807, 2.05) is 26.0 Å². The Morgan fingerprint density at radius 2 is 1.79 bits per heavy atom. The topological polar surface area (TPSA) is 42.0 Å². The fourth-order valence-corrected chi connectivity index (χ4v) is 4.20. The molecule has 3 nitrogen and oxygen atoms in total. The highest BCUT2D eigenvalue weighted by atomic mass is 35.5. The van der Waals surface area contributed by atoms with Gasteiger partial charge in [-0.3, -0.25) is 9.71 Å². The Morgan fingerprint density at radius 3 is 2.46 bits per heavy atom. The molecular formula is C18H19ClN2OS2. The third-order valence-electron chi connectivity index (χ3n) is 3.07. The van der Waals surface area contributed by atoms with Crippen LogP contribution < -0.4 is 4.72 Å². The predicted molar refractivity (Wildman–Crippen MR) is 105 cm³/mol. The van der Waals surface area contributed by atoms with Gasteiger partial charge < -0.3 is 0 Å². The molecule has 0 aliphatic heterocycles. The van der Waals surface area contributed by atoms with Gasteiger partial charge in [0.05, 0.1) is 16.9 Å². The second kappa shape index (κ2) is 8.97. The number of pyridine rings is 1. The minimum atomic E-state index is -1.36. The molecule has 0 fully saturated rings. The van der Waals surface area contributed by atoms with Crippen molar-refractivity contribution in [3.63, 3.8) is 0 Å². The van der Waals surface area contributed by atoms with Crippen molar-refractivity contribution in [2.24, 2.45) is 0 Å². The third kappa shape index (κ3) is 4.66. The van der Waals surface area contributed by atoms with Crippen LogP contribution in [0.2, 0.25) is 5.02 Å². The number of aryl methyl sites for hydroxylation is 1. The van der Waals surface area contributed by atoms with Crippen molar-refractivity contribution < 1.29 is 4.21 Å². The number of aromatic nitrogens is 1. The van der Waals surface area contributed by atoms with Gasteiger partial charge >= 0.3 is 0 Å². The smallest absolute Gasteiger partial charge is 0.160 e. The van der Waals surface area contributed by atoms with Gasteiger partial charge in [0.1, 0.15) is 4.21 Å². The standard InChI is InChI=1S/C16H13ClN2OS2.C2H6/c1-11-2-4-12(5-3-11)15-6-7-16(21-15)22(20)19-14-10-18-9-8-13(14)17;1-2/h2-10,19H,1H3;1-2H3. The molecule has 1 unspecified atom stereocenters. The van der Waals surface area contributed by atoms with Crippen LogP contribution in [0.25, 0.3) is 10.4 Å². The lowest BCUT2D eigenvalue weighted by atomic mass is 10.1. The molecule has 2 aromatic heterocycles. The van der Waals surface area contributed by atoms with E-state index in [-0.39, 0.29) is 0 Å². The number of rotatable bonds is 4. The van der Waals surface area contributed by atoms with Crippen molar-refractivity contribution in [3.05, 3.63) is 65.4 Å². The summed E-state index contributed by atoms with van der Waals surface area (Å²) >= 11 is 7.54. The fourth-order valence-electron chi connectivity index (χ4n) is 1.90. The van der Waals surface area contributed by atoms with Gasteiger partial charge in [0, 0.05) is 11.1 Å². The Balaban J connectivity index is 0.00000100. The number of thiophene rings is 1. The molecule has 1 atom stereocenters. The molecule has 0 aliphatic rings. The molecule has 24 heavy (non-hydrogen) atoms. The summed E-state index contributed by atoms with van der Waals surface area (Å²) in [7, 11) is -1.36. The molecule has 1 aromatic carbocycles. The van der Waals surface area contributed by atoms with E-state index in [9.17, 15) is 4.21 Å². The quantitative estimate of drug-likeness (QED) is 0.611. The third-order valence-corrected chi connectivity index (χ3v) is 5.94. The fraction of sp³-hybridized carbons (Fsp3) is 0.167. The zero-order valence-electron chi connectivity index (χ0n) is 13.7. The van der Waals surface area contributed by atoms with Crippen LogP contribution >= 0.6 is 22.9 Å². The number of hydrogen-bond donors (Lipinski definition) is 1. The first-order valence-corrected chi connectivity index (χ1v) is 9.93. The molecule has 126 valence electrons. The van der Waals surface area contributed by atoms with Gasteiger partial charge in [-0.1, -0.05) is 55.3 Å². The summed E-state index contributed by atoms with van der Waals surface area (Å²) in [6.07, 6.45) is 3.16. The Hall–Kier alpha value is -1.69. The first kappa shape index (κ1) is 18.6. The number of halogens is 1. The lowest BCUT2D eigenvalue weighted by Crippen LogP contribution is -2.03. The Labute approximate surface area is 154 Å². The molecular weight excluding hydrogens is 360 g/mol. The van der Waals surface area contributed by atoms with Crippen LogP contribution in [-0.2, 0) is 11.0 Å². The van der Waals surface area contributed by atoms with Gasteiger partial charge in [0.15, 0.2) is 11.0 Å². The van der Waals surface area contributed by atoms with Crippen LogP contribution in [0.4, 0.5) is 5.69 Å². The van der Waals surface area contributed by atoms with Crippen molar-refractivity contribution in [1.29, 1.82) is 0 Å². The zero-order valence-corrected chi connectivity index (χ0v) is 16.1. The second-order valence-electron chi connectivity index (χ2n) is 4.71. The summed E-state index contributed by atoms with van der Waals surface area (Å²) in [6, 6.07) is 13.8. The lowest BCUT2D eigenvalue weighted by molar-refractivity contribution is 0.687. The molecule has 0 amide bonds. The van der Waals surface area contributed by atoms with Crippen molar-refractivity contribution in [3.8, 4) is 10.4 Å². The number of hydrogen-bond acceptors (Lipinski definition) is 3. The largest absolute Gasteiger partial charge is 0.297 e. The minimum Gasteiger partial charge on any atom is -0.297 e.